The van der Waals surface area contributed by atoms with Gasteiger partial charge in [-0.1, -0.05) is 41.9 Å². The Labute approximate surface area is 153 Å². The van der Waals surface area contributed by atoms with Crippen molar-refractivity contribution in [3.8, 4) is 0 Å². The lowest BCUT2D eigenvalue weighted by atomic mass is 9.81. The lowest BCUT2D eigenvalue weighted by molar-refractivity contribution is -0.126. The van der Waals surface area contributed by atoms with E-state index in [4.69, 9.17) is 0 Å². The highest BCUT2D eigenvalue weighted by Crippen LogP contribution is 2.32. The molecule has 0 amide bonds. The first kappa shape index (κ1) is 16.8. The molecular formula is C21H20BFN2O. The van der Waals surface area contributed by atoms with Crippen LogP contribution in [-0.2, 0) is 17.6 Å². The summed E-state index contributed by atoms with van der Waals surface area (Å²) in [6.45, 7) is 0. The van der Waals surface area contributed by atoms with Gasteiger partial charge in [-0.3, -0.25) is 4.79 Å². The fourth-order valence-corrected chi connectivity index (χ4v) is 3.84. The number of hydrogen-bond acceptors (Lipinski definition) is 2. The zero-order valence-electron chi connectivity index (χ0n) is 14.7. The molecule has 1 aliphatic heterocycles. The number of imidazole rings is 1. The Kier molecular flexibility index (Phi) is 4.45. The molecule has 4 rings (SSSR count). The summed E-state index contributed by atoms with van der Waals surface area (Å²) in [5, 5.41) is 0. The molecule has 1 aliphatic rings. The summed E-state index contributed by atoms with van der Waals surface area (Å²) in [7, 11) is 2.04. The molecule has 0 saturated heterocycles. The van der Waals surface area contributed by atoms with Crippen LogP contribution in [0.15, 0.2) is 61.1 Å². The normalized spacial score (nSPS) is 19.3. The van der Waals surface area contributed by atoms with E-state index >= 15 is 0 Å². The maximum absolute atomic E-state index is 13.3. The first-order valence-corrected chi connectivity index (χ1v) is 8.97. The molecule has 3 nitrogen and oxygen atoms in total. The summed E-state index contributed by atoms with van der Waals surface area (Å²) in [6, 6.07) is 14.4. The molecule has 0 spiro atoms. The van der Waals surface area contributed by atoms with Crippen LogP contribution in [0.3, 0.4) is 0 Å². The Bertz CT molecular complexity index is 935. The average molecular weight is 346 g/mol. The third-order valence-corrected chi connectivity index (χ3v) is 5.20. The molecule has 0 bridgehead atoms. The number of aromatic nitrogens is 2. The number of hydrogen-bond donors (Lipinski definition) is 0. The molecule has 0 radical (unpaired) electrons. The number of halogens is 1. The van der Waals surface area contributed by atoms with Gasteiger partial charge in [-0.15, -0.1) is 0 Å². The zero-order chi connectivity index (χ0) is 18.1. The molecule has 26 heavy (non-hydrogen) atoms. The number of rotatable bonds is 4. The van der Waals surface area contributed by atoms with Crippen molar-refractivity contribution in [1.29, 1.82) is 0 Å². The van der Waals surface area contributed by atoms with Crippen molar-refractivity contribution in [2.24, 2.45) is 5.92 Å². The van der Waals surface area contributed by atoms with E-state index in [1.807, 2.05) is 36.8 Å². The fraction of sp³-hybridized carbons (Fsp3) is 0.238. The molecule has 2 unspecified atom stereocenters. The molecule has 3 aromatic rings. The van der Waals surface area contributed by atoms with E-state index in [0.717, 1.165) is 35.1 Å². The monoisotopic (exact) mass is 346 g/mol. The second-order valence-corrected chi connectivity index (χ2v) is 7.08. The van der Waals surface area contributed by atoms with E-state index < -0.39 is 0 Å². The quantitative estimate of drug-likeness (QED) is 0.679. The van der Waals surface area contributed by atoms with Crippen molar-refractivity contribution >= 4 is 19.1 Å². The van der Waals surface area contributed by atoms with Crippen molar-refractivity contribution in [2.75, 3.05) is 0 Å². The Balaban J connectivity index is 1.60. The van der Waals surface area contributed by atoms with E-state index in [2.05, 4.69) is 11.1 Å². The second kappa shape index (κ2) is 6.91. The number of Topliss-reactive ketones (excluding diaryl/α,β-unsaturated/α-hetero) is 1. The van der Waals surface area contributed by atoms with Crippen LogP contribution in [0.2, 0.25) is 0 Å². The number of nitrogens with zero attached hydrogens (tertiary/aromatic N) is 2. The van der Waals surface area contributed by atoms with E-state index in [0.29, 0.717) is 6.42 Å². The molecule has 0 saturated carbocycles. The molecule has 2 atom stereocenters. The second-order valence-electron chi connectivity index (χ2n) is 7.08. The van der Waals surface area contributed by atoms with Crippen LogP contribution in [0.5, 0.6) is 0 Å². The van der Waals surface area contributed by atoms with Crippen LogP contribution in [0, 0.1) is 11.7 Å². The summed E-state index contributed by atoms with van der Waals surface area (Å²) in [5.41, 5.74) is 4.32. The summed E-state index contributed by atoms with van der Waals surface area (Å²) in [6.07, 6.45) is 5.86. The molecular weight excluding hydrogens is 326 g/mol. The number of aryl methyl sites for hydroxylation is 1. The lowest BCUT2D eigenvalue weighted by Gasteiger charge is -2.30. The number of benzene rings is 2. The number of fused-ring (bicyclic) bond motifs is 1. The predicted octanol–water partition coefficient (Wildman–Crippen LogP) is 2.24. The summed E-state index contributed by atoms with van der Waals surface area (Å²) < 4.78 is 15.1. The van der Waals surface area contributed by atoms with E-state index in [9.17, 15) is 9.18 Å². The minimum absolute atomic E-state index is 0.0465. The van der Waals surface area contributed by atoms with Gasteiger partial charge in [-0.05, 0) is 42.5 Å². The topological polar surface area (TPSA) is 34.9 Å². The van der Waals surface area contributed by atoms with Crippen LogP contribution >= 0.6 is 0 Å². The zero-order valence-corrected chi connectivity index (χ0v) is 14.7. The molecule has 2 aromatic carbocycles. The third kappa shape index (κ3) is 3.21. The van der Waals surface area contributed by atoms with Gasteiger partial charge in [0.25, 0.3) is 0 Å². The molecule has 0 aliphatic carbocycles. The van der Waals surface area contributed by atoms with Gasteiger partial charge in [0, 0.05) is 17.8 Å². The third-order valence-electron chi connectivity index (χ3n) is 5.20. The van der Waals surface area contributed by atoms with Crippen LogP contribution < -0.4 is 5.46 Å². The fourth-order valence-electron chi connectivity index (χ4n) is 3.84. The van der Waals surface area contributed by atoms with Crippen molar-refractivity contribution in [2.45, 2.75) is 25.3 Å². The summed E-state index contributed by atoms with van der Waals surface area (Å²) in [4.78, 5) is 17.5. The minimum atomic E-state index is -0.306. The molecule has 2 heterocycles. The maximum atomic E-state index is 13.3. The van der Waals surface area contributed by atoms with Crippen LogP contribution in [0.4, 0.5) is 4.39 Å². The Morgan fingerprint density at radius 1 is 1.19 bits per heavy atom. The van der Waals surface area contributed by atoms with Crippen LogP contribution in [0.1, 0.15) is 29.3 Å². The molecule has 1 aromatic heterocycles. The molecule has 5 heteroatoms. The number of carbonyl (C=O) groups is 1. The SMILES string of the molecule is Bc1cccc(C2C(=O)C(CCc3ccc(F)cc3)Cc3cncn32)c1. The smallest absolute Gasteiger partial charge is 0.163 e. The molecule has 130 valence electrons. The van der Waals surface area contributed by atoms with Gasteiger partial charge in [0.05, 0.1) is 6.33 Å². The number of carbonyl (C=O) groups excluding carboxylic acids is 1. The Morgan fingerprint density at radius 3 is 2.77 bits per heavy atom. The van der Waals surface area contributed by atoms with Gasteiger partial charge >= 0.3 is 0 Å². The standard InChI is InChI=1S/C21H20BFN2O/c22-17-3-1-2-15(10-17)20-21(26)16(11-19-12-24-13-25(19)20)7-4-14-5-8-18(23)9-6-14/h1-3,5-6,8-10,12-13,16,20H,4,7,11,22H2. The lowest BCUT2D eigenvalue weighted by Crippen LogP contribution is -2.35. The van der Waals surface area contributed by atoms with Crippen LogP contribution in [0.25, 0.3) is 0 Å². The highest BCUT2D eigenvalue weighted by Gasteiger charge is 2.35. The first-order valence-electron chi connectivity index (χ1n) is 8.97. The molecule has 0 N–H and O–H groups in total. The van der Waals surface area contributed by atoms with Crippen LogP contribution in [-0.4, -0.2) is 23.2 Å². The van der Waals surface area contributed by atoms with Gasteiger partial charge in [-0.2, -0.15) is 0 Å². The Morgan fingerprint density at radius 2 is 2.00 bits per heavy atom. The van der Waals surface area contributed by atoms with E-state index in [-0.39, 0.29) is 23.6 Å². The van der Waals surface area contributed by atoms with E-state index in [1.54, 1.807) is 18.5 Å². The maximum Gasteiger partial charge on any atom is 0.163 e. The summed E-state index contributed by atoms with van der Waals surface area (Å²) in [5.74, 6) is -0.0381. The predicted molar refractivity (Wildman–Crippen MR) is 102 cm³/mol. The minimum Gasteiger partial charge on any atom is -0.320 e. The highest BCUT2D eigenvalue weighted by atomic mass is 19.1. The largest absolute Gasteiger partial charge is 0.320 e. The molecule has 0 fully saturated rings. The Hall–Kier alpha value is -2.69. The van der Waals surface area contributed by atoms with Gasteiger partial charge in [-0.25, -0.2) is 9.37 Å². The average Bonchev–Trinajstić information content (AvgIpc) is 3.09. The van der Waals surface area contributed by atoms with Crippen molar-refractivity contribution in [3.05, 3.63) is 83.7 Å². The van der Waals surface area contributed by atoms with Gasteiger partial charge < -0.3 is 4.57 Å². The van der Waals surface area contributed by atoms with Crippen molar-refractivity contribution in [1.82, 2.24) is 9.55 Å². The van der Waals surface area contributed by atoms with E-state index in [1.165, 1.54) is 12.1 Å². The van der Waals surface area contributed by atoms with Gasteiger partial charge in [0.15, 0.2) is 5.78 Å². The summed E-state index contributed by atoms with van der Waals surface area (Å²) >= 11 is 0. The highest BCUT2D eigenvalue weighted by molar-refractivity contribution is 6.32. The number of ketones is 1. The van der Waals surface area contributed by atoms with Gasteiger partial charge in [0.1, 0.15) is 19.7 Å². The van der Waals surface area contributed by atoms with Gasteiger partial charge in [0.2, 0.25) is 0 Å². The van der Waals surface area contributed by atoms with Crippen molar-refractivity contribution in [3.63, 3.8) is 0 Å². The first-order chi connectivity index (χ1) is 12.6. The van der Waals surface area contributed by atoms with Crippen molar-refractivity contribution < 1.29 is 9.18 Å².